The van der Waals surface area contributed by atoms with E-state index >= 15 is 0 Å². The Morgan fingerprint density at radius 2 is 1.64 bits per heavy atom. The summed E-state index contributed by atoms with van der Waals surface area (Å²) in [6.45, 7) is 2.06. The third-order valence-corrected chi connectivity index (χ3v) is 7.16. The highest BCUT2D eigenvalue weighted by molar-refractivity contribution is 5.99. The lowest BCUT2D eigenvalue weighted by Gasteiger charge is -2.59. The van der Waals surface area contributed by atoms with Crippen LogP contribution in [0.4, 0.5) is 5.69 Å². The zero-order valence-electron chi connectivity index (χ0n) is 16.3. The summed E-state index contributed by atoms with van der Waals surface area (Å²) in [6.07, 6.45) is 7.45. The van der Waals surface area contributed by atoms with Gasteiger partial charge in [-0.3, -0.25) is 14.9 Å². The summed E-state index contributed by atoms with van der Waals surface area (Å²) >= 11 is 0. The minimum atomic E-state index is -0.702. The molecule has 4 aliphatic rings. The third-order valence-electron chi connectivity index (χ3n) is 7.16. The van der Waals surface area contributed by atoms with Crippen molar-refractivity contribution in [2.45, 2.75) is 51.5 Å². The zero-order valence-corrected chi connectivity index (χ0v) is 16.3. The van der Waals surface area contributed by atoms with Crippen molar-refractivity contribution in [3.05, 3.63) is 39.4 Å². The fourth-order valence-electron chi connectivity index (χ4n) is 6.22. The second kappa shape index (κ2) is 6.87. The molecular formula is C21H26N2O5. The molecule has 4 fully saturated rings. The molecule has 0 spiro atoms. The Morgan fingerprint density at radius 1 is 1.11 bits per heavy atom. The molecule has 1 N–H and O–H groups in total. The Kier molecular flexibility index (Phi) is 4.63. The number of rotatable bonds is 5. The number of carbonyl (C=O) groups is 2. The van der Waals surface area contributed by atoms with E-state index in [1.807, 2.05) is 0 Å². The summed E-state index contributed by atoms with van der Waals surface area (Å²) in [5.41, 5.74) is -0.0398. The predicted molar refractivity (Wildman–Crippen MR) is 102 cm³/mol. The highest BCUT2D eigenvalue weighted by Gasteiger charge is 2.53. The number of ether oxygens (including phenoxy) is 1. The molecule has 0 aromatic heterocycles. The highest BCUT2D eigenvalue weighted by Crippen LogP contribution is 2.61. The maximum atomic E-state index is 12.9. The number of esters is 1. The standard InChI is InChI=1S/C21H26N2O5/c1-12(21-9-13-3-14(10-21)5-15(4-13)11-21)22-19(24)16-6-17(20(25)28-2)8-18(7-16)23(26)27/h6-8,12-15H,3-5,9-11H2,1-2H3,(H,22,24)/t12-,13?,14?,15?,21?/m0/s1. The average molecular weight is 386 g/mol. The molecule has 0 saturated heterocycles. The van der Waals surface area contributed by atoms with E-state index in [-0.39, 0.29) is 34.2 Å². The molecule has 5 rings (SSSR count). The zero-order chi connectivity index (χ0) is 20.1. The summed E-state index contributed by atoms with van der Waals surface area (Å²) < 4.78 is 4.66. The van der Waals surface area contributed by atoms with Crippen LogP contribution in [0.5, 0.6) is 0 Å². The second-order valence-electron chi connectivity index (χ2n) is 8.99. The molecule has 4 aliphatic carbocycles. The van der Waals surface area contributed by atoms with Crippen molar-refractivity contribution in [2.24, 2.45) is 23.2 Å². The van der Waals surface area contributed by atoms with Gasteiger partial charge in [-0.2, -0.15) is 0 Å². The largest absolute Gasteiger partial charge is 0.465 e. The van der Waals surface area contributed by atoms with Crippen LogP contribution in [0.15, 0.2) is 18.2 Å². The van der Waals surface area contributed by atoms with Crippen LogP contribution in [0.1, 0.15) is 66.2 Å². The van der Waals surface area contributed by atoms with Crippen molar-refractivity contribution in [3.8, 4) is 0 Å². The molecule has 1 aromatic carbocycles. The van der Waals surface area contributed by atoms with Gasteiger partial charge in [0.25, 0.3) is 11.6 Å². The van der Waals surface area contributed by atoms with Crippen LogP contribution in [-0.4, -0.2) is 30.0 Å². The van der Waals surface area contributed by atoms with Crippen molar-refractivity contribution in [1.82, 2.24) is 5.32 Å². The first kappa shape index (κ1) is 18.9. The molecule has 7 nitrogen and oxygen atoms in total. The van der Waals surface area contributed by atoms with Crippen molar-refractivity contribution in [2.75, 3.05) is 7.11 Å². The van der Waals surface area contributed by atoms with Crippen LogP contribution < -0.4 is 5.32 Å². The van der Waals surface area contributed by atoms with Gasteiger partial charge in [-0.25, -0.2) is 4.79 Å². The molecular weight excluding hydrogens is 360 g/mol. The van der Waals surface area contributed by atoms with Gasteiger partial charge in [0.2, 0.25) is 0 Å². The summed E-state index contributed by atoms with van der Waals surface area (Å²) in [5, 5.41) is 14.3. The van der Waals surface area contributed by atoms with Crippen LogP contribution in [0.2, 0.25) is 0 Å². The average Bonchev–Trinajstić information content (AvgIpc) is 2.65. The Morgan fingerprint density at radius 3 is 2.14 bits per heavy atom. The minimum absolute atomic E-state index is 0.00399. The summed E-state index contributed by atoms with van der Waals surface area (Å²) in [5.74, 6) is 1.24. The number of nitro benzene ring substituents is 1. The van der Waals surface area contributed by atoms with Gasteiger partial charge in [0.1, 0.15) is 0 Å². The molecule has 4 saturated carbocycles. The monoisotopic (exact) mass is 386 g/mol. The molecule has 28 heavy (non-hydrogen) atoms. The number of non-ortho nitro benzene ring substituents is 1. The van der Waals surface area contributed by atoms with Gasteiger partial charge in [0.15, 0.2) is 0 Å². The van der Waals surface area contributed by atoms with Gasteiger partial charge in [-0.05, 0) is 74.7 Å². The molecule has 1 amide bonds. The van der Waals surface area contributed by atoms with Crippen LogP contribution in [0, 0.1) is 33.3 Å². The van der Waals surface area contributed by atoms with Gasteiger partial charge in [0, 0.05) is 23.7 Å². The number of hydrogen-bond acceptors (Lipinski definition) is 5. The van der Waals surface area contributed by atoms with Crippen LogP contribution in [0.3, 0.4) is 0 Å². The number of nitro groups is 1. The lowest BCUT2D eigenvalue weighted by Crippen LogP contribution is -2.55. The molecule has 0 unspecified atom stereocenters. The Bertz CT molecular complexity index is 799. The first-order chi connectivity index (χ1) is 13.3. The summed E-state index contributed by atoms with van der Waals surface area (Å²) in [4.78, 5) is 35.3. The Labute approximate surface area is 164 Å². The molecule has 0 heterocycles. The maximum Gasteiger partial charge on any atom is 0.338 e. The molecule has 4 bridgehead atoms. The topological polar surface area (TPSA) is 98.5 Å². The number of methoxy groups -OCH3 is 1. The van der Waals surface area contributed by atoms with Crippen LogP contribution >= 0.6 is 0 Å². The summed E-state index contributed by atoms with van der Waals surface area (Å²) in [6, 6.07) is 3.70. The van der Waals surface area contributed by atoms with Crippen molar-refractivity contribution in [3.63, 3.8) is 0 Å². The maximum absolute atomic E-state index is 12.9. The molecule has 0 aliphatic heterocycles. The fraction of sp³-hybridized carbons (Fsp3) is 0.619. The third kappa shape index (κ3) is 3.27. The lowest BCUT2D eigenvalue weighted by atomic mass is 9.48. The van der Waals surface area contributed by atoms with Gasteiger partial charge in [-0.15, -0.1) is 0 Å². The van der Waals surface area contributed by atoms with Gasteiger partial charge in [0.05, 0.1) is 17.6 Å². The molecule has 0 radical (unpaired) electrons. The Balaban J connectivity index is 1.56. The number of nitrogens with zero attached hydrogens (tertiary/aromatic N) is 1. The van der Waals surface area contributed by atoms with Gasteiger partial charge >= 0.3 is 5.97 Å². The van der Waals surface area contributed by atoms with E-state index in [2.05, 4.69) is 17.0 Å². The van der Waals surface area contributed by atoms with Gasteiger partial charge in [-0.1, -0.05) is 0 Å². The number of amides is 1. The first-order valence-electron chi connectivity index (χ1n) is 9.98. The molecule has 1 atom stereocenters. The van der Waals surface area contributed by atoms with E-state index in [1.54, 1.807) is 0 Å². The molecule has 150 valence electrons. The van der Waals surface area contributed by atoms with E-state index in [9.17, 15) is 19.7 Å². The van der Waals surface area contributed by atoms with Gasteiger partial charge < -0.3 is 10.1 Å². The number of hydrogen-bond donors (Lipinski definition) is 1. The first-order valence-corrected chi connectivity index (χ1v) is 9.98. The second-order valence-corrected chi connectivity index (χ2v) is 8.99. The quantitative estimate of drug-likeness (QED) is 0.472. The smallest absolute Gasteiger partial charge is 0.338 e. The summed E-state index contributed by atoms with van der Waals surface area (Å²) in [7, 11) is 1.20. The van der Waals surface area contributed by atoms with Crippen molar-refractivity contribution in [1.29, 1.82) is 0 Å². The van der Waals surface area contributed by atoms with E-state index < -0.39 is 10.9 Å². The molecule has 1 aromatic rings. The lowest BCUT2D eigenvalue weighted by molar-refractivity contribution is -0.384. The van der Waals surface area contributed by atoms with Crippen molar-refractivity contribution >= 4 is 17.6 Å². The van der Waals surface area contributed by atoms with Crippen LogP contribution in [-0.2, 0) is 4.74 Å². The molecule has 7 heteroatoms. The predicted octanol–water partition coefficient (Wildman–Crippen LogP) is 3.72. The fourth-order valence-corrected chi connectivity index (χ4v) is 6.22. The Hall–Kier alpha value is -2.44. The van der Waals surface area contributed by atoms with E-state index in [4.69, 9.17) is 0 Å². The SMILES string of the molecule is COC(=O)c1cc(C(=O)N[C@@H](C)C23CC4CC(CC(C4)C2)C3)cc([N+](=O)[O-])c1. The van der Waals surface area contributed by atoms with E-state index in [0.29, 0.717) is 0 Å². The normalized spacial score (nSPS) is 31.3. The van der Waals surface area contributed by atoms with Crippen LogP contribution in [0.25, 0.3) is 0 Å². The van der Waals surface area contributed by atoms with Crippen molar-refractivity contribution < 1.29 is 19.2 Å². The minimum Gasteiger partial charge on any atom is -0.465 e. The number of benzene rings is 1. The number of carbonyl (C=O) groups excluding carboxylic acids is 2. The van der Waals surface area contributed by atoms with E-state index in [1.165, 1.54) is 38.5 Å². The number of nitrogens with one attached hydrogen (secondary N) is 1. The van der Waals surface area contributed by atoms with E-state index in [0.717, 1.165) is 43.1 Å². The highest BCUT2D eigenvalue weighted by atomic mass is 16.6.